The SMILES string of the molecule is CC(C)Oc1ccc(NCC(=O)Nc2ccc(C(=O)NC(C)(C)C)cc2)cc1. The van der Waals surface area contributed by atoms with E-state index >= 15 is 0 Å². The van der Waals surface area contributed by atoms with Gasteiger partial charge in [-0.1, -0.05) is 0 Å². The molecule has 0 aliphatic heterocycles. The van der Waals surface area contributed by atoms with Crippen LogP contribution in [0.1, 0.15) is 45.0 Å². The lowest BCUT2D eigenvalue weighted by Gasteiger charge is -2.20. The highest BCUT2D eigenvalue weighted by molar-refractivity contribution is 5.96. The number of anilines is 2. The molecule has 0 atom stereocenters. The average molecular weight is 383 g/mol. The van der Waals surface area contributed by atoms with Crippen LogP contribution in [0.4, 0.5) is 11.4 Å². The van der Waals surface area contributed by atoms with Gasteiger partial charge in [0.15, 0.2) is 0 Å². The number of ether oxygens (including phenoxy) is 1. The van der Waals surface area contributed by atoms with Crippen molar-refractivity contribution >= 4 is 23.2 Å². The van der Waals surface area contributed by atoms with Crippen LogP contribution in [0.15, 0.2) is 48.5 Å². The monoisotopic (exact) mass is 383 g/mol. The summed E-state index contributed by atoms with van der Waals surface area (Å²) in [6.07, 6.45) is 0.121. The number of hydrogen-bond donors (Lipinski definition) is 3. The Kier molecular flexibility index (Phi) is 7.04. The topological polar surface area (TPSA) is 79.5 Å². The summed E-state index contributed by atoms with van der Waals surface area (Å²) in [5.41, 5.74) is 1.73. The van der Waals surface area contributed by atoms with Crippen molar-refractivity contribution in [3.63, 3.8) is 0 Å². The average Bonchev–Trinajstić information content (AvgIpc) is 2.60. The van der Waals surface area contributed by atoms with Gasteiger partial charge in [0.05, 0.1) is 12.6 Å². The Balaban J connectivity index is 1.83. The van der Waals surface area contributed by atoms with Gasteiger partial charge in [-0.15, -0.1) is 0 Å². The molecule has 0 heterocycles. The van der Waals surface area contributed by atoms with Crippen LogP contribution in [0.25, 0.3) is 0 Å². The molecule has 0 unspecified atom stereocenters. The number of carbonyl (C=O) groups is 2. The van der Waals surface area contributed by atoms with Crippen LogP contribution in [-0.2, 0) is 4.79 Å². The Labute approximate surface area is 166 Å². The minimum atomic E-state index is -0.297. The minimum Gasteiger partial charge on any atom is -0.491 e. The van der Waals surface area contributed by atoms with Crippen LogP contribution in [0.2, 0.25) is 0 Å². The molecule has 0 saturated carbocycles. The molecule has 0 radical (unpaired) electrons. The Morgan fingerprint density at radius 1 is 0.929 bits per heavy atom. The molecule has 6 heteroatoms. The van der Waals surface area contributed by atoms with Gasteiger partial charge in [0.1, 0.15) is 5.75 Å². The third kappa shape index (κ3) is 7.31. The van der Waals surface area contributed by atoms with Crippen molar-refractivity contribution in [2.45, 2.75) is 46.3 Å². The van der Waals surface area contributed by atoms with Crippen molar-refractivity contribution < 1.29 is 14.3 Å². The van der Waals surface area contributed by atoms with Gasteiger partial charge >= 0.3 is 0 Å². The summed E-state index contributed by atoms with van der Waals surface area (Å²) in [6, 6.07) is 14.3. The van der Waals surface area contributed by atoms with Crippen molar-refractivity contribution in [1.29, 1.82) is 0 Å². The van der Waals surface area contributed by atoms with E-state index in [4.69, 9.17) is 4.74 Å². The Bertz CT molecular complexity index is 791. The zero-order valence-corrected chi connectivity index (χ0v) is 17.1. The Morgan fingerprint density at radius 3 is 2.04 bits per heavy atom. The molecule has 150 valence electrons. The van der Waals surface area contributed by atoms with Gasteiger partial charge in [0.25, 0.3) is 5.91 Å². The van der Waals surface area contributed by atoms with E-state index in [1.807, 2.05) is 58.9 Å². The molecule has 0 fully saturated rings. The quantitative estimate of drug-likeness (QED) is 0.674. The molecule has 0 aliphatic rings. The number of amides is 2. The molecule has 28 heavy (non-hydrogen) atoms. The fraction of sp³-hybridized carbons (Fsp3) is 0.364. The molecule has 0 aliphatic carbocycles. The molecule has 0 aromatic heterocycles. The highest BCUT2D eigenvalue weighted by Gasteiger charge is 2.15. The molecule has 6 nitrogen and oxygen atoms in total. The van der Waals surface area contributed by atoms with Crippen LogP contribution in [0.3, 0.4) is 0 Å². The van der Waals surface area contributed by atoms with E-state index in [0.717, 1.165) is 11.4 Å². The predicted octanol–water partition coefficient (Wildman–Crippen LogP) is 4.05. The molecule has 2 amide bonds. The van der Waals surface area contributed by atoms with Gasteiger partial charge in [-0.3, -0.25) is 9.59 Å². The summed E-state index contributed by atoms with van der Waals surface area (Å²) < 4.78 is 5.59. The number of hydrogen-bond acceptors (Lipinski definition) is 4. The highest BCUT2D eigenvalue weighted by atomic mass is 16.5. The van der Waals surface area contributed by atoms with Gasteiger partial charge < -0.3 is 20.7 Å². The van der Waals surface area contributed by atoms with Crippen molar-refractivity contribution in [3.8, 4) is 5.75 Å². The van der Waals surface area contributed by atoms with E-state index in [2.05, 4.69) is 16.0 Å². The zero-order valence-electron chi connectivity index (χ0n) is 17.1. The molecule has 2 aromatic carbocycles. The molecular weight excluding hydrogens is 354 g/mol. The molecule has 0 spiro atoms. The lowest BCUT2D eigenvalue weighted by atomic mass is 10.1. The van der Waals surface area contributed by atoms with Gasteiger partial charge in [-0.2, -0.15) is 0 Å². The van der Waals surface area contributed by atoms with Crippen molar-refractivity contribution in [2.24, 2.45) is 0 Å². The largest absolute Gasteiger partial charge is 0.491 e. The van der Waals surface area contributed by atoms with Gasteiger partial charge in [-0.25, -0.2) is 0 Å². The van der Waals surface area contributed by atoms with Crippen LogP contribution in [-0.4, -0.2) is 30.0 Å². The molecule has 3 N–H and O–H groups in total. The van der Waals surface area contributed by atoms with Gasteiger partial charge in [-0.05, 0) is 83.1 Å². The summed E-state index contributed by atoms with van der Waals surface area (Å²) >= 11 is 0. The highest BCUT2D eigenvalue weighted by Crippen LogP contribution is 2.17. The summed E-state index contributed by atoms with van der Waals surface area (Å²) in [5, 5.41) is 8.78. The minimum absolute atomic E-state index is 0.121. The number of rotatable bonds is 7. The maximum Gasteiger partial charge on any atom is 0.251 e. The maximum absolute atomic E-state index is 12.1. The van der Waals surface area contributed by atoms with Crippen molar-refractivity contribution in [1.82, 2.24) is 5.32 Å². The lowest BCUT2D eigenvalue weighted by molar-refractivity contribution is -0.114. The second-order valence-corrected chi connectivity index (χ2v) is 7.87. The van der Waals surface area contributed by atoms with Crippen LogP contribution < -0.4 is 20.7 Å². The third-order valence-electron chi connectivity index (χ3n) is 3.60. The fourth-order valence-electron chi connectivity index (χ4n) is 2.43. The maximum atomic E-state index is 12.1. The Hall–Kier alpha value is -3.02. The first-order valence-corrected chi connectivity index (χ1v) is 9.35. The van der Waals surface area contributed by atoms with E-state index in [9.17, 15) is 9.59 Å². The second-order valence-electron chi connectivity index (χ2n) is 7.87. The molecule has 0 saturated heterocycles. The first kappa shape index (κ1) is 21.3. The molecule has 2 rings (SSSR count). The van der Waals surface area contributed by atoms with E-state index in [-0.39, 0.29) is 30.0 Å². The molecular formula is C22H29N3O3. The van der Waals surface area contributed by atoms with E-state index in [1.165, 1.54) is 0 Å². The summed E-state index contributed by atoms with van der Waals surface area (Å²) in [5.74, 6) is 0.479. The van der Waals surface area contributed by atoms with E-state index < -0.39 is 0 Å². The van der Waals surface area contributed by atoms with Crippen LogP contribution in [0, 0.1) is 0 Å². The Morgan fingerprint density at radius 2 is 1.50 bits per heavy atom. The summed E-state index contributed by atoms with van der Waals surface area (Å²) in [7, 11) is 0. The van der Waals surface area contributed by atoms with E-state index in [0.29, 0.717) is 11.3 Å². The number of carbonyl (C=O) groups excluding carboxylic acids is 2. The molecule has 2 aromatic rings. The van der Waals surface area contributed by atoms with Crippen LogP contribution in [0.5, 0.6) is 5.75 Å². The molecule has 0 bridgehead atoms. The normalized spacial score (nSPS) is 11.1. The van der Waals surface area contributed by atoms with Gasteiger partial charge in [0, 0.05) is 22.5 Å². The second kappa shape index (κ2) is 9.26. The smallest absolute Gasteiger partial charge is 0.251 e. The van der Waals surface area contributed by atoms with Crippen LogP contribution >= 0.6 is 0 Å². The predicted molar refractivity (Wildman–Crippen MR) is 113 cm³/mol. The first-order chi connectivity index (χ1) is 13.1. The van der Waals surface area contributed by atoms with E-state index in [1.54, 1.807) is 24.3 Å². The standard InChI is InChI=1S/C22H29N3O3/c1-15(2)28-19-12-10-17(11-13-19)23-14-20(26)24-18-8-6-16(7-9-18)21(27)25-22(3,4)5/h6-13,15,23H,14H2,1-5H3,(H,24,26)(H,25,27). The van der Waals surface area contributed by atoms with Crippen molar-refractivity contribution in [3.05, 3.63) is 54.1 Å². The summed E-state index contributed by atoms with van der Waals surface area (Å²) in [4.78, 5) is 24.2. The third-order valence-corrected chi connectivity index (χ3v) is 3.60. The zero-order chi connectivity index (χ0) is 20.7. The lowest BCUT2D eigenvalue weighted by Crippen LogP contribution is -2.40. The number of benzene rings is 2. The van der Waals surface area contributed by atoms with Gasteiger partial charge in [0.2, 0.25) is 5.91 Å². The van der Waals surface area contributed by atoms with Crippen molar-refractivity contribution in [2.75, 3.05) is 17.2 Å². The fourth-order valence-corrected chi connectivity index (χ4v) is 2.43. The first-order valence-electron chi connectivity index (χ1n) is 9.35. The summed E-state index contributed by atoms with van der Waals surface area (Å²) in [6.45, 7) is 9.86. The number of nitrogens with one attached hydrogen (secondary N) is 3.